The molecule has 0 atom stereocenters. The summed E-state index contributed by atoms with van der Waals surface area (Å²) in [6, 6.07) is 6.29. The van der Waals surface area contributed by atoms with Gasteiger partial charge < -0.3 is 14.5 Å². The molecule has 0 aliphatic rings. The van der Waals surface area contributed by atoms with Crippen LogP contribution in [0.5, 0.6) is 5.75 Å². The van der Waals surface area contributed by atoms with Crippen molar-refractivity contribution in [3.63, 3.8) is 0 Å². The van der Waals surface area contributed by atoms with Crippen LogP contribution in [0, 0.1) is 0 Å². The molecule has 0 unspecified atom stereocenters. The molecule has 0 spiro atoms. The third-order valence-electron chi connectivity index (χ3n) is 2.69. The molecule has 20 heavy (non-hydrogen) atoms. The van der Waals surface area contributed by atoms with E-state index in [1.54, 1.807) is 18.2 Å². The standard InChI is InChI=1S/C15H17NO4/c1-4-19-10-5-6-11-12(15(18)16-9(2)3)8-14(17)20-13(11)7-10/h5-9H,4H2,1-3H3,(H,16,18). The second kappa shape index (κ2) is 5.77. The quantitative estimate of drug-likeness (QED) is 0.869. The lowest BCUT2D eigenvalue weighted by Crippen LogP contribution is -2.30. The Morgan fingerprint density at radius 1 is 1.35 bits per heavy atom. The highest BCUT2D eigenvalue weighted by atomic mass is 16.5. The maximum Gasteiger partial charge on any atom is 0.337 e. The number of carbonyl (C=O) groups excluding carboxylic acids is 1. The van der Waals surface area contributed by atoms with Gasteiger partial charge in [-0.2, -0.15) is 0 Å². The molecule has 0 aliphatic carbocycles. The Balaban J connectivity index is 2.55. The molecule has 0 saturated heterocycles. The first-order valence-electron chi connectivity index (χ1n) is 6.53. The van der Waals surface area contributed by atoms with E-state index in [2.05, 4.69) is 5.32 Å². The first kappa shape index (κ1) is 14.1. The van der Waals surface area contributed by atoms with Crippen LogP contribution in [0.2, 0.25) is 0 Å². The second-order valence-corrected chi connectivity index (χ2v) is 4.70. The van der Waals surface area contributed by atoms with Crippen molar-refractivity contribution in [3.05, 3.63) is 40.2 Å². The van der Waals surface area contributed by atoms with E-state index in [-0.39, 0.29) is 11.9 Å². The average molecular weight is 275 g/mol. The Morgan fingerprint density at radius 2 is 2.10 bits per heavy atom. The maximum atomic E-state index is 12.1. The van der Waals surface area contributed by atoms with Crippen LogP contribution in [0.15, 0.2) is 33.5 Å². The highest BCUT2D eigenvalue weighted by molar-refractivity contribution is 6.05. The highest BCUT2D eigenvalue weighted by Gasteiger charge is 2.14. The van der Waals surface area contributed by atoms with Crippen molar-refractivity contribution < 1.29 is 13.9 Å². The van der Waals surface area contributed by atoms with Crippen LogP contribution >= 0.6 is 0 Å². The predicted octanol–water partition coefficient (Wildman–Crippen LogP) is 2.33. The zero-order chi connectivity index (χ0) is 14.7. The second-order valence-electron chi connectivity index (χ2n) is 4.70. The maximum absolute atomic E-state index is 12.1. The van der Waals surface area contributed by atoms with Crippen LogP contribution in [0.1, 0.15) is 31.1 Å². The SMILES string of the molecule is CCOc1ccc2c(C(=O)NC(C)C)cc(=O)oc2c1. The van der Waals surface area contributed by atoms with E-state index in [9.17, 15) is 9.59 Å². The third kappa shape index (κ3) is 2.99. The van der Waals surface area contributed by atoms with Gasteiger partial charge in [-0.25, -0.2) is 4.79 Å². The number of carbonyl (C=O) groups is 1. The van der Waals surface area contributed by atoms with Crippen molar-refractivity contribution in [1.29, 1.82) is 0 Å². The molecule has 5 nitrogen and oxygen atoms in total. The van der Waals surface area contributed by atoms with Crippen LogP contribution < -0.4 is 15.7 Å². The van der Waals surface area contributed by atoms with E-state index in [1.165, 1.54) is 6.07 Å². The van der Waals surface area contributed by atoms with Gasteiger partial charge in [-0.3, -0.25) is 4.79 Å². The summed E-state index contributed by atoms with van der Waals surface area (Å²) in [7, 11) is 0. The summed E-state index contributed by atoms with van der Waals surface area (Å²) in [5.41, 5.74) is 0.102. The molecule has 1 heterocycles. The summed E-state index contributed by atoms with van der Waals surface area (Å²) >= 11 is 0. The van der Waals surface area contributed by atoms with Crippen molar-refractivity contribution in [2.75, 3.05) is 6.61 Å². The fourth-order valence-corrected chi connectivity index (χ4v) is 1.93. The van der Waals surface area contributed by atoms with Crippen LogP contribution in [-0.2, 0) is 0 Å². The Hall–Kier alpha value is -2.30. The van der Waals surface area contributed by atoms with Gasteiger partial charge >= 0.3 is 5.63 Å². The molecule has 0 bridgehead atoms. The molecule has 0 saturated carbocycles. The molecule has 1 amide bonds. The monoisotopic (exact) mass is 275 g/mol. The molecule has 1 aromatic heterocycles. The van der Waals surface area contributed by atoms with Gasteiger partial charge in [0.15, 0.2) is 0 Å². The van der Waals surface area contributed by atoms with Gasteiger partial charge in [0, 0.05) is 23.6 Å². The van der Waals surface area contributed by atoms with Gasteiger partial charge in [0.2, 0.25) is 0 Å². The number of fused-ring (bicyclic) bond motifs is 1. The van der Waals surface area contributed by atoms with Crippen molar-refractivity contribution in [2.24, 2.45) is 0 Å². The molecular formula is C15H17NO4. The van der Waals surface area contributed by atoms with Crippen molar-refractivity contribution >= 4 is 16.9 Å². The number of hydrogen-bond acceptors (Lipinski definition) is 4. The first-order chi connectivity index (χ1) is 9.51. The summed E-state index contributed by atoms with van der Waals surface area (Å²) < 4.78 is 10.5. The van der Waals surface area contributed by atoms with Gasteiger partial charge in [-0.05, 0) is 32.9 Å². The lowest BCUT2D eigenvalue weighted by Gasteiger charge is -2.10. The molecule has 1 aromatic carbocycles. The molecular weight excluding hydrogens is 258 g/mol. The number of hydrogen-bond donors (Lipinski definition) is 1. The van der Waals surface area contributed by atoms with Gasteiger partial charge in [0.25, 0.3) is 5.91 Å². The van der Waals surface area contributed by atoms with Gasteiger partial charge in [0.1, 0.15) is 11.3 Å². The minimum absolute atomic E-state index is 0.00695. The molecule has 0 radical (unpaired) electrons. The highest BCUT2D eigenvalue weighted by Crippen LogP contribution is 2.22. The van der Waals surface area contributed by atoms with Gasteiger partial charge in [-0.15, -0.1) is 0 Å². The third-order valence-corrected chi connectivity index (χ3v) is 2.69. The van der Waals surface area contributed by atoms with Crippen LogP contribution in [-0.4, -0.2) is 18.6 Å². The van der Waals surface area contributed by atoms with Crippen LogP contribution in [0.4, 0.5) is 0 Å². The molecule has 106 valence electrons. The normalized spacial score (nSPS) is 10.8. The number of benzene rings is 1. The van der Waals surface area contributed by atoms with E-state index < -0.39 is 5.63 Å². The van der Waals surface area contributed by atoms with E-state index in [4.69, 9.17) is 9.15 Å². The van der Waals surface area contributed by atoms with Crippen molar-refractivity contribution in [2.45, 2.75) is 26.8 Å². The van der Waals surface area contributed by atoms with Crippen molar-refractivity contribution in [3.8, 4) is 5.75 Å². The van der Waals surface area contributed by atoms with Crippen LogP contribution in [0.25, 0.3) is 11.0 Å². The fraction of sp³-hybridized carbons (Fsp3) is 0.333. The number of nitrogens with one attached hydrogen (secondary N) is 1. The summed E-state index contributed by atoms with van der Waals surface area (Å²) in [6.07, 6.45) is 0. The Labute approximate surface area is 116 Å². The molecule has 2 aromatic rings. The first-order valence-corrected chi connectivity index (χ1v) is 6.53. The molecule has 1 N–H and O–H groups in total. The lowest BCUT2D eigenvalue weighted by atomic mass is 10.1. The largest absolute Gasteiger partial charge is 0.494 e. The summed E-state index contributed by atoms with van der Waals surface area (Å²) in [5.74, 6) is 0.312. The van der Waals surface area contributed by atoms with Crippen molar-refractivity contribution in [1.82, 2.24) is 5.32 Å². The summed E-state index contributed by atoms with van der Waals surface area (Å²) in [5, 5.41) is 3.36. The summed E-state index contributed by atoms with van der Waals surface area (Å²) in [4.78, 5) is 23.7. The minimum Gasteiger partial charge on any atom is -0.494 e. The van der Waals surface area contributed by atoms with E-state index in [0.29, 0.717) is 28.9 Å². The lowest BCUT2D eigenvalue weighted by molar-refractivity contribution is 0.0944. The van der Waals surface area contributed by atoms with E-state index in [1.807, 2.05) is 20.8 Å². The number of rotatable bonds is 4. The zero-order valence-corrected chi connectivity index (χ0v) is 11.7. The smallest absolute Gasteiger partial charge is 0.337 e. The molecule has 0 aliphatic heterocycles. The van der Waals surface area contributed by atoms with E-state index in [0.717, 1.165) is 0 Å². The minimum atomic E-state index is -0.556. The summed E-state index contributed by atoms with van der Waals surface area (Å²) in [6.45, 7) is 6.10. The Morgan fingerprint density at radius 3 is 2.75 bits per heavy atom. The Kier molecular flexibility index (Phi) is 4.08. The van der Waals surface area contributed by atoms with Crippen LogP contribution in [0.3, 0.4) is 0 Å². The fourth-order valence-electron chi connectivity index (χ4n) is 1.93. The van der Waals surface area contributed by atoms with Gasteiger partial charge in [0.05, 0.1) is 12.2 Å². The average Bonchev–Trinajstić information content (AvgIpc) is 2.36. The Bertz CT molecular complexity index is 688. The molecule has 5 heteroatoms. The van der Waals surface area contributed by atoms with Gasteiger partial charge in [-0.1, -0.05) is 0 Å². The number of ether oxygens (including phenoxy) is 1. The molecule has 2 rings (SSSR count). The zero-order valence-electron chi connectivity index (χ0n) is 11.7. The molecule has 0 fully saturated rings. The van der Waals surface area contributed by atoms with E-state index >= 15 is 0 Å². The topological polar surface area (TPSA) is 68.5 Å². The number of amides is 1. The predicted molar refractivity (Wildman–Crippen MR) is 76.3 cm³/mol.